The lowest BCUT2D eigenvalue weighted by Gasteiger charge is -2.24. The summed E-state index contributed by atoms with van der Waals surface area (Å²) in [5, 5.41) is 13.0. The van der Waals surface area contributed by atoms with E-state index in [9.17, 15) is 10.1 Å². The molecule has 2 heterocycles. The molecule has 1 amide bonds. The lowest BCUT2D eigenvalue weighted by Crippen LogP contribution is -2.25. The second kappa shape index (κ2) is 6.89. The van der Waals surface area contributed by atoms with E-state index in [1.54, 1.807) is 14.1 Å². The quantitative estimate of drug-likeness (QED) is 0.730. The van der Waals surface area contributed by atoms with Crippen LogP contribution in [0.2, 0.25) is 5.02 Å². The Morgan fingerprint density at radius 1 is 1.45 bits per heavy atom. The number of benzene rings is 1. The van der Waals surface area contributed by atoms with Gasteiger partial charge in [0.1, 0.15) is 11.6 Å². The van der Waals surface area contributed by atoms with Gasteiger partial charge in [-0.05, 0) is 31.4 Å². The Morgan fingerprint density at radius 3 is 2.86 bits per heavy atom. The number of amides is 1. The first kappa shape index (κ1) is 19.5. The van der Waals surface area contributed by atoms with E-state index < -0.39 is 11.7 Å². The molecule has 1 aromatic heterocycles. The molecule has 29 heavy (non-hydrogen) atoms. The average molecular weight is 414 g/mol. The molecule has 1 spiro atoms. The SMILES string of the molecule is CN(C)C(=O)c1c(N)ccc(-c2cnc3c(c2Cl)[C@]2(CC[C@H](C#N)C2)CN3)c1F. The number of nitrogen functional groups attached to an aromatic ring is 1. The van der Waals surface area contributed by atoms with Crippen molar-refractivity contribution in [2.75, 3.05) is 31.7 Å². The van der Waals surface area contributed by atoms with Gasteiger partial charge in [0, 0.05) is 60.5 Å². The maximum absolute atomic E-state index is 15.4. The Hall–Kier alpha value is -2.85. The van der Waals surface area contributed by atoms with E-state index >= 15 is 4.39 Å². The van der Waals surface area contributed by atoms with Gasteiger partial charge in [0.05, 0.1) is 16.7 Å². The number of hydrogen-bond donors (Lipinski definition) is 2. The monoisotopic (exact) mass is 413 g/mol. The smallest absolute Gasteiger partial charge is 0.258 e. The number of hydrogen-bond acceptors (Lipinski definition) is 5. The molecule has 1 saturated carbocycles. The summed E-state index contributed by atoms with van der Waals surface area (Å²) in [5.74, 6) is -0.579. The molecule has 3 N–H and O–H groups in total. The second-order valence-electron chi connectivity index (χ2n) is 8.00. The van der Waals surface area contributed by atoms with Gasteiger partial charge in [0.2, 0.25) is 0 Å². The Labute approximate surface area is 173 Å². The Balaban J connectivity index is 1.87. The molecule has 150 valence electrons. The van der Waals surface area contributed by atoms with Gasteiger partial charge in [-0.2, -0.15) is 5.26 Å². The van der Waals surface area contributed by atoms with Crippen LogP contribution in [0.4, 0.5) is 15.9 Å². The lowest BCUT2D eigenvalue weighted by atomic mass is 9.80. The van der Waals surface area contributed by atoms with E-state index in [0.717, 1.165) is 18.4 Å². The number of fused-ring (bicyclic) bond motifs is 2. The summed E-state index contributed by atoms with van der Waals surface area (Å²) >= 11 is 6.80. The number of nitrogens with zero attached hydrogens (tertiary/aromatic N) is 3. The minimum absolute atomic E-state index is 0.0277. The van der Waals surface area contributed by atoms with Crippen molar-refractivity contribution < 1.29 is 9.18 Å². The van der Waals surface area contributed by atoms with Gasteiger partial charge in [-0.1, -0.05) is 11.6 Å². The van der Waals surface area contributed by atoms with Gasteiger partial charge in [-0.25, -0.2) is 9.37 Å². The highest BCUT2D eigenvalue weighted by Gasteiger charge is 2.47. The van der Waals surface area contributed by atoms with E-state index in [1.807, 2.05) is 0 Å². The van der Waals surface area contributed by atoms with Crippen molar-refractivity contribution in [2.45, 2.75) is 24.7 Å². The molecule has 0 bridgehead atoms. The van der Waals surface area contributed by atoms with Gasteiger partial charge in [0.15, 0.2) is 0 Å². The van der Waals surface area contributed by atoms with Crippen LogP contribution in [0.15, 0.2) is 18.3 Å². The highest BCUT2D eigenvalue weighted by Crippen LogP contribution is 2.53. The molecular weight excluding hydrogens is 393 g/mol. The molecule has 1 fully saturated rings. The second-order valence-corrected chi connectivity index (χ2v) is 8.38. The van der Waals surface area contributed by atoms with Crippen LogP contribution in [-0.4, -0.2) is 36.4 Å². The van der Waals surface area contributed by atoms with Crippen molar-refractivity contribution >= 4 is 29.0 Å². The van der Waals surface area contributed by atoms with Crippen LogP contribution in [0.5, 0.6) is 0 Å². The van der Waals surface area contributed by atoms with Crippen molar-refractivity contribution in [2.24, 2.45) is 5.92 Å². The van der Waals surface area contributed by atoms with Crippen molar-refractivity contribution in [3.63, 3.8) is 0 Å². The molecule has 1 aliphatic heterocycles. The van der Waals surface area contributed by atoms with E-state index in [0.29, 0.717) is 29.4 Å². The zero-order chi connectivity index (χ0) is 20.9. The van der Waals surface area contributed by atoms with Crippen LogP contribution in [0.1, 0.15) is 35.2 Å². The van der Waals surface area contributed by atoms with Crippen molar-refractivity contribution in [3.05, 3.63) is 40.3 Å². The minimum atomic E-state index is -0.714. The number of aromatic nitrogens is 1. The number of carbonyl (C=O) groups is 1. The normalized spacial score (nSPS) is 22.2. The van der Waals surface area contributed by atoms with E-state index in [2.05, 4.69) is 16.4 Å². The van der Waals surface area contributed by atoms with Gasteiger partial charge in [-0.3, -0.25) is 4.79 Å². The average Bonchev–Trinajstić information content (AvgIpc) is 3.27. The number of nitrogens with two attached hydrogens (primary N) is 1. The maximum Gasteiger partial charge on any atom is 0.258 e. The molecule has 1 aliphatic carbocycles. The summed E-state index contributed by atoms with van der Waals surface area (Å²) in [4.78, 5) is 18.2. The van der Waals surface area contributed by atoms with E-state index in [4.69, 9.17) is 17.3 Å². The molecule has 6 nitrogen and oxygen atoms in total. The number of carbonyl (C=O) groups excluding carboxylic acids is 1. The van der Waals surface area contributed by atoms with Gasteiger partial charge in [-0.15, -0.1) is 0 Å². The topological polar surface area (TPSA) is 95.0 Å². The minimum Gasteiger partial charge on any atom is -0.398 e. The fourth-order valence-electron chi connectivity index (χ4n) is 4.50. The first-order chi connectivity index (χ1) is 13.8. The number of nitrogens with one attached hydrogen (secondary N) is 1. The summed E-state index contributed by atoms with van der Waals surface area (Å²) in [5.41, 5.74) is 6.94. The van der Waals surface area contributed by atoms with E-state index in [-0.39, 0.29) is 28.1 Å². The van der Waals surface area contributed by atoms with E-state index in [1.165, 1.54) is 23.2 Å². The van der Waals surface area contributed by atoms with Crippen molar-refractivity contribution in [3.8, 4) is 17.2 Å². The number of anilines is 2. The standard InChI is InChI=1S/C21H21ClFN5O/c1-28(2)20(29)15-14(25)4-3-12(18(15)23)13-9-26-19-16(17(13)22)21(10-27-19)6-5-11(7-21)8-24/h3-4,9,11H,5-7,10,25H2,1-2H3,(H,26,27)/t11-,21-/m0/s1. The number of nitriles is 1. The summed E-state index contributed by atoms with van der Waals surface area (Å²) in [6.45, 7) is 0.658. The first-order valence-corrected chi connectivity index (χ1v) is 9.79. The third kappa shape index (κ3) is 2.90. The Bertz CT molecular complexity index is 1060. The van der Waals surface area contributed by atoms with Gasteiger partial charge in [0.25, 0.3) is 5.91 Å². The summed E-state index contributed by atoms with van der Waals surface area (Å²) in [6, 6.07) is 5.38. The third-order valence-electron chi connectivity index (χ3n) is 6.02. The first-order valence-electron chi connectivity index (χ1n) is 9.41. The summed E-state index contributed by atoms with van der Waals surface area (Å²) in [6.07, 6.45) is 3.84. The fraction of sp³-hybridized carbons (Fsp3) is 0.381. The molecule has 1 aromatic carbocycles. The Morgan fingerprint density at radius 2 is 2.21 bits per heavy atom. The van der Waals surface area contributed by atoms with Crippen LogP contribution in [0.25, 0.3) is 11.1 Å². The molecule has 2 aromatic rings. The molecule has 2 atom stereocenters. The predicted octanol–water partition coefficient (Wildman–Crippen LogP) is 3.81. The van der Waals surface area contributed by atoms with Crippen LogP contribution >= 0.6 is 11.6 Å². The summed E-state index contributed by atoms with van der Waals surface area (Å²) < 4.78 is 15.4. The van der Waals surface area contributed by atoms with Crippen LogP contribution < -0.4 is 11.1 Å². The number of pyridine rings is 1. The van der Waals surface area contributed by atoms with Crippen LogP contribution in [-0.2, 0) is 5.41 Å². The molecule has 0 saturated heterocycles. The zero-order valence-electron chi connectivity index (χ0n) is 16.2. The molecule has 0 radical (unpaired) electrons. The third-order valence-corrected chi connectivity index (χ3v) is 6.41. The number of rotatable bonds is 2. The summed E-state index contributed by atoms with van der Waals surface area (Å²) in [7, 11) is 3.08. The van der Waals surface area contributed by atoms with Gasteiger partial charge < -0.3 is 16.0 Å². The van der Waals surface area contributed by atoms with Crippen molar-refractivity contribution in [1.82, 2.24) is 9.88 Å². The van der Waals surface area contributed by atoms with Crippen LogP contribution in [0, 0.1) is 23.1 Å². The van der Waals surface area contributed by atoms with Crippen LogP contribution in [0.3, 0.4) is 0 Å². The maximum atomic E-state index is 15.4. The highest BCUT2D eigenvalue weighted by atomic mass is 35.5. The fourth-order valence-corrected chi connectivity index (χ4v) is 4.94. The zero-order valence-corrected chi connectivity index (χ0v) is 17.0. The molecule has 2 aliphatic rings. The molecular formula is C21H21ClFN5O. The predicted molar refractivity (Wildman–Crippen MR) is 110 cm³/mol. The Kier molecular flexibility index (Phi) is 4.62. The highest BCUT2D eigenvalue weighted by molar-refractivity contribution is 6.34. The molecule has 8 heteroatoms. The van der Waals surface area contributed by atoms with Gasteiger partial charge >= 0.3 is 0 Å². The molecule has 0 unspecified atom stereocenters. The molecule has 4 rings (SSSR count). The largest absolute Gasteiger partial charge is 0.398 e. The van der Waals surface area contributed by atoms with Crippen molar-refractivity contribution in [1.29, 1.82) is 5.26 Å². The number of halogens is 2. The lowest BCUT2D eigenvalue weighted by molar-refractivity contribution is 0.0824.